The number of likely N-dealkylation sites (N-methyl/N-ethyl adjacent to an activating group) is 1. The summed E-state index contributed by atoms with van der Waals surface area (Å²) in [5.74, 6) is 0.0408. The maximum Gasteiger partial charge on any atom is 0.236 e. The number of hydrogen-bond acceptors (Lipinski definition) is 3. The fourth-order valence-corrected chi connectivity index (χ4v) is 1.32. The van der Waals surface area contributed by atoms with Crippen LogP contribution in [0.1, 0.15) is 26.7 Å². The van der Waals surface area contributed by atoms with Gasteiger partial charge in [0.15, 0.2) is 0 Å². The SMILES string of the molecule is CN(CC(C)(C)O)C(=O)CNC1CC1. The van der Waals surface area contributed by atoms with E-state index < -0.39 is 5.60 Å². The normalized spacial score (nSPS) is 16.9. The van der Waals surface area contributed by atoms with Gasteiger partial charge >= 0.3 is 0 Å². The van der Waals surface area contributed by atoms with Crippen molar-refractivity contribution < 1.29 is 9.90 Å². The van der Waals surface area contributed by atoms with E-state index in [-0.39, 0.29) is 5.91 Å². The number of aliphatic hydroxyl groups is 1. The minimum atomic E-state index is -0.815. The summed E-state index contributed by atoms with van der Waals surface area (Å²) in [4.78, 5) is 13.1. The third-order valence-corrected chi connectivity index (χ3v) is 2.17. The lowest BCUT2D eigenvalue weighted by atomic mass is 10.1. The Hall–Kier alpha value is -0.610. The van der Waals surface area contributed by atoms with Gasteiger partial charge in [-0.15, -0.1) is 0 Å². The molecule has 4 heteroatoms. The van der Waals surface area contributed by atoms with Crippen LogP contribution in [0.2, 0.25) is 0 Å². The summed E-state index contributed by atoms with van der Waals surface area (Å²) in [6, 6.07) is 0.550. The van der Waals surface area contributed by atoms with Crippen LogP contribution in [-0.2, 0) is 4.79 Å². The quantitative estimate of drug-likeness (QED) is 0.655. The van der Waals surface area contributed by atoms with E-state index in [0.717, 1.165) is 0 Å². The summed E-state index contributed by atoms with van der Waals surface area (Å²) in [7, 11) is 1.72. The van der Waals surface area contributed by atoms with Crippen LogP contribution in [0.25, 0.3) is 0 Å². The minimum Gasteiger partial charge on any atom is -0.389 e. The second-order valence-corrected chi connectivity index (χ2v) is 4.72. The van der Waals surface area contributed by atoms with Crippen molar-refractivity contribution in [2.24, 2.45) is 0 Å². The van der Waals surface area contributed by atoms with Crippen LogP contribution in [0.5, 0.6) is 0 Å². The molecule has 1 fully saturated rings. The van der Waals surface area contributed by atoms with Gasteiger partial charge in [-0.05, 0) is 26.7 Å². The Kier molecular flexibility index (Phi) is 3.50. The summed E-state index contributed by atoms with van der Waals surface area (Å²) < 4.78 is 0. The number of carbonyl (C=O) groups is 1. The van der Waals surface area contributed by atoms with Crippen molar-refractivity contribution in [1.82, 2.24) is 10.2 Å². The first-order valence-corrected chi connectivity index (χ1v) is 5.08. The molecular weight excluding hydrogens is 180 g/mol. The molecule has 0 aliphatic heterocycles. The van der Waals surface area contributed by atoms with Gasteiger partial charge in [0.1, 0.15) is 0 Å². The predicted octanol–water partition coefficient (Wildman–Crippen LogP) is -0.0323. The molecule has 0 unspecified atom stereocenters. The fraction of sp³-hybridized carbons (Fsp3) is 0.900. The third-order valence-electron chi connectivity index (χ3n) is 2.17. The molecule has 0 saturated heterocycles. The number of nitrogens with zero attached hydrogens (tertiary/aromatic N) is 1. The Morgan fingerprint density at radius 2 is 2.14 bits per heavy atom. The van der Waals surface area contributed by atoms with Gasteiger partial charge < -0.3 is 15.3 Å². The number of hydrogen-bond donors (Lipinski definition) is 2. The van der Waals surface area contributed by atoms with E-state index in [1.807, 2.05) is 0 Å². The Morgan fingerprint density at radius 3 is 2.57 bits per heavy atom. The summed E-state index contributed by atoms with van der Waals surface area (Å²) >= 11 is 0. The summed E-state index contributed by atoms with van der Waals surface area (Å²) in [5.41, 5.74) is -0.815. The second-order valence-electron chi connectivity index (χ2n) is 4.72. The van der Waals surface area contributed by atoms with Crippen LogP contribution in [0.4, 0.5) is 0 Å². The van der Waals surface area contributed by atoms with E-state index in [1.165, 1.54) is 12.8 Å². The van der Waals surface area contributed by atoms with Crippen LogP contribution in [-0.4, -0.2) is 47.7 Å². The predicted molar refractivity (Wildman–Crippen MR) is 55.0 cm³/mol. The highest BCUT2D eigenvalue weighted by Crippen LogP contribution is 2.18. The number of nitrogens with one attached hydrogen (secondary N) is 1. The molecule has 1 amide bonds. The second kappa shape index (κ2) is 4.28. The van der Waals surface area contributed by atoms with E-state index in [1.54, 1.807) is 25.8 Å². The maximum absolute atomic E-state index is 11.5. The molecule has 0 aromatic heterocycles. The van der Waals surface area contributed by atoms with E-state index >= 15 is 0 Å². The number of rotatable bonds is 5. The van der Waals surface area contributed by atoms with Gasteiger partial charge in [-0.25, -0.2) is 0 Å². The van der Waals surface area contributed by atoms with Gasteiger partial charge in [0.05, 0.1) is 12.1 Å². The molecule has 0 spiro atoms. The average Bonchev–Trinajstić information content (AvgIpc) is 2.79. The molecule has 0 radical (unpaired) electrons. The van der Waals surface area contributed by atoms with E-state index in [9.17, 15) is 9.90 Å². The van der Waals surface area contributed by atoms with Gasteiger partial charge in [0.25, 0.3) is 0 Å². The largest absolute Gasteiger partial charge is 0.389 e. The first kappa shape index (κ1) is 11.5. The van der Waals surface area contributed by atoms with Crippen molar-refractivity contribution >= 4 is 5.91 Å². The molecule has 82 valence electrons. The first-order valence-electron chi connectivity index (χ1n) is 5.08. The highest BCUT2D eigenvalue weighted by atomic mass is 16.3. The van der Waals surface area contributed by atoms with Gasteiger partial charge in [-0.2, -0.15) is 0 Å². The zero-order chi connectivity index (χ0) is 10.8. The summed E-state index contributed by atoms with van der Waals surface area (Å²) in [5, 5.41) is 12.7. The molecule has 1 aliphatic carbocycles. The molecule has 1 saturated carbocycles. The lowest BCUT2D eigenvalue weighted by Gasteiger charge is -2.25. The number of amides is 1. The van der Waals surface area contributed by atoms with Crippen molar-refractivity contribution in [3.8, 4) is 0 Å². The Labute approximate surface area is 85.3 Å². The van der Waals surface area contributed by atoms with Crippen LogP contribution >= 0.6 is 0 Å². The zero-order valence-corrected chi connectivity index (χ0v) is 9.21. The molecule has 2 N–H and O–H groups in total. The van der Waals surface area contributed by atoms with Crippen LogP contribution in [0.15, 0.2) is 0 Å². The molecule has 0 aromatic carbocycles. The van der Waals surface area contributed by atoms with Crippen LogP contribution in [0, 0.1) is 0 Å². The topological polar surface area (TPSA) is 52.6 Å². The average molecular weight is 200 g/mol. The maximum atomic E-state index is 11.5. The van der Waals surface area contributed by atoms with Crippen LogP contribution < -0.4 is 5.32 Å². The molecule has 0 heterocycles. The molecule has 4 nitrogen and oxygen atoms in total. The van der Waals surface area contributed by atoms with E-state index in [4.69, 9.17) is 0 Å². The Morgan fingerprint density at radius 1 is 1.57 bits per heavy atom. The summed E-state index contributed by atoms with van der Waals surface area (Å²) in [6.45, 7) is 4.16. The zero-order valence-electron chi connectivity index (χ0n) is 9.21. The van der Waals surface area contributed by atoms with Crippen LogP contribution in [0.3, 0.4) is 0 Å². The standard InChI is InChI=1S/C10H20N2O2/c1-10(2,14)7-12(3)9(13)6-11-8-4-5-8/h8,11,14H,4-7H2,1-3H3. The van der Waals surface area contributed by atoms with Crippen molar-refractivity contribution in [2.45, 2.75) is 38.3 Å². The Balaban J connectivity index is 2.20. The third kappa shape index (κ3) is 4.58. The van der Waals surface area contributed by atoms with Gasteiger partial charge in [-0.3, -0.25) is 4.79 Å². The lowest BCUT2D eigenvalue weighted by molar-refractivity contribution is -0.131. The molecule has 1 rings (SSSR count). The highest BCUT2D eigenvalue weighted by Gasteiger charge is 2.23. The first-order chi connectivity index (χ1) is 6.38. The fourth-order valence-electron chi connectivity index (χ4n) is 1.32. The van der Waals surface area contributed by atoms with E-state index in [2.05, 4.69) is 5.32 Å². The molecule has 0 aromatic rings. The molecular formula is C10H20N2O2. The molecule has 0 atom stereocenters. The summed E-state index contributed by atoms with van der Waals surface area (Å²) in [6.07, 6.45) is 2.37. The van der Waals surface area contributed by atoms with Crippen molar-refractivity contribution in [1.29, 1.82) is 0 Å². The van der Waals surface area contributed by atoms with Crippen molar-refractivity contribution in [3.05, 3.63) is 0 Å². The minimum absolute atomic E-state index is 0.0408. The van der Waals surface area contributed by atoms with Crippen molar-refractivity contribution in [3.63, 3.8) is 0 Å². The number of carbonyl (C=O) groups excluding carboxylic acids is 1. The van der Waals surface area contributed by atoms with Gasteiger partial charge in [0, 0.05) is 19.6 Å². The molecule has 0 bridgehead atoms. The lowest BCUT2D eigenvalue weighted by Crippen LogP contribution is -2.43. The molecule has 14 heavy (non-hydrogen) atoms. The Bertz CT molecular complexity index is 207. The molecule has 1 aliphatic rings. The van der Waals surface area contributed by atoms with E-state index in [0.29, 0.717) is 19.1 Å². The highest BCUT2D eigenvalue weighted by molar-refractivity contribution is 5.78. The smallest absolute Gasteiger partial charge is 0.236 e. The van der Waals surface area contributed by atoms with Crippen molar-refractivity contribution in [2.75, 3.05) is 20.1 Å². The van der Waals surface area contributed by atoms with Gasteiger partial charge in [-0.1, -0.05) is 0 Å². The monoisotopic (exact) mass is 200 g/mol. The van der Waals surface area contributed by atoms with Gasteiger partial charge in [0.2, 0.25) is 5.91 Å².